The fourth-order valence-corrected chi connectivity index (χ4v) is 2.90. The van der Waals surface area contributed by atoms with Crippen LogP contribution in [0.3, 0.4) is 0 Å². The van der Waals surface area contributed by atoms with Gasteiger partial charge in [0.2, 0.25) is 0 Å². The van der Waals surface area contributed by atoms with Gasteiger partial charge in [0.1, 0.15) is 30.5 Å². The standard InChI is InChI=1S/C18H19N7O2/c26-18(11-27-15-4-2-1-3-5-15)24-8-6-23(7-9-24)16-10-17(21-13-20-16)25-14-19-12-22-25/h1-5,10,12-14H,6-9,11H2. The molecule has 1 aliphatic heterocycles. The van der Waals surface area contributed by atoms with Crippen LogP contribution in [0.25, 0.3) is 5.82 Å². The first-order valence-electron chi connectivity index (χ1n) is 8.67. The van der Waals surface area contributed by atoms with Gasteiger partial charge in [-0.3, -0.25) is 4.79 Å². The summed E-state index contributed by atoms with van der Waals surface area (Å²) in [4.78, 5) is 28.8. The highest BCUT2D eigenvalue weighted by Crippen LogP contribution is 2.16. The van der Waals surface area contributed by atoms with Crippen LogP contribution in [0.5, 0.6) is 5.75 Å². The number of carbonyl (C=O) groups excluding carboxylic acids is 1. The van der Waals surface area contributed by atoms with Crippen molar-refractivity contribution in [3.8, 4) is 11.6 Å². The van der Waals surface area contributed by atoms with E-state index >= 15 is 0 Å². The van der Waals surface area contributed by atoms with E-state index in [1.807, 2.05) is 41.3 Å². The van der Waals surface area contributed by atoms with Crippen molar-refractivity contribution < 1.29 is 9.53 Å². The zero-order valence-corrected chi connectivity index (χ0v) is 14.7. The van der Waals surface area contributed by atoms with Crippen LogP contribution in [0.15, 0.2) is 55.4 Å². The van der Waals surface area contributed by atoms with E-state index in [0.717, 1.165) is 5.82 Å². The molecule has 1 saturated heterocycles. The number of hydrogen-bond donors (Lipinski definition) is 0. The summed E-state index contributed by atoms with van der Waals surface area (Å²) in [5.41, 5.74) is 0. The van der Waals surface area contributed by atoms with Crippen LogP contribution in [-0.4, -0.2) is 68.3 Å². The summed E-state index contributed by atoms with van der Waals surface area (Å²) in [5.74, 6) is 2.16. The van der Waals surface area contributed by atoms with Gasteiger partial charge in [0.15, 0.2) is 12.4 Å². The normalized spacial score (nSPS) is 14.2. The molecule has 0 unspecified atom stereocenters. The Bertz CT molecular complexity index is 878. The van der Waals surface area contributed by atoms with Crippen molar-refractivity contribution in [3.63, 3.8) is 0 Å². The number of amides is 1. The summed E-state index contributed by atoms with van der Waals surface area (Å²) in [5, 5.41) is 4.08. The molecule has 9 heteroatoms. The summed E-state index contributed by atoms with van der Waals surface area (Å²) in [6.45, 7) is 2.70. The number of anilines is 1. The third-order valence-corrected chi connectivity index (χ3v) is 4.35. The van der Waals surface area contributed by atoms with Gasteiger partial charge in [-0.05, 0) is 12.1 Å². The Balaban J connectivity index is 1.32. The quantitative estimate of drug-likeness (QED) is 0.660. The van der Waals surface area contributed by atoms with Crippen LogP contribution < -0.4 is 9.64 Å². The molecule has 0 aliphatic carbocycles. The lowest BCUT2D eigenvalue weighted by molar-refractivity contribution is -0.133. The minimum absolute atomic E-state index is 0.00973. The number of benzene rings is 1. The van der Waals surface area contributed by atoms with E-state index in [9.17, 15) is 4.79 Å². The minimum Gasteiger partial charge on any atom is -0.484 e. The predicted molar refractivity (Wildman–Crippen MR) is 97.7 cm³/mol. The lowest BCUT2D eigenvalue weighted by atomic mass is 10.3. The van der Waals surface area contributed by atoms with Crippen molar-refractivity contribution in [3.05, 3.63) is 55.4 Å². The van der Waals surface area contributed by atoms with Gasteiger partial charge in [-0.1, -0.05) is 18.2 Å². The molecule has 27 heavy (non-hydrogen) atoms. The van der Waals surface area contributed by atoms with Gasteiger partial charge in [0, 0.05) is 32.2 Å². The van der Waals surface area contributed by atoms with E-state index in [1.54, 1.807) is 11.0 Å². The molecule has 3 aromatic rings. The molecule has 138 valence electrons. The first-order valence-corrected chi connectivity index (χ1v) is 8.67. The van der Waals surface area contributed by atoms with Gasteiger partial charge in [0.05, 0.1) is 0 Å². The maximum Gasteiger partial charge on any atom is 0.260 e. The second-order valence-electron chi connectivity index (χ2n) is 6.04. The smallest absolute Gasteiger partial charge is 0.260 e. The molecule has 3 heterocycles. The third kappa shape index (κ3) is 4.02. The zero-order chi connectivity index (χ0) is 18.5. The Morgan fingerprint density at radius 2 is 1.78 bits per heavy atom. The van der Waals surface area contributed by atoms with Crippen LogP contribution >= 0.6 is 0 Å². The van der Waals surface area contributed by atoms with Crippen LogP contribution in [0, 0.1) is 0 Å². The Hall–Kier alpha value is -3.49. The maximum absolute atomic E-state index is 12.4. The number of hydrogen-bond acceptors (Lipinski definition) is 7. The van der Waals surface area contributed by atoms with E-state index < -0.39 is 0 Å². The molecule has 2 aromatic heterocycles. The highest BCUT2D eigenvalue weighted by molar-refractivity contribution is 5.78. The predicted octanol–water partition coefficient (Wildman–Crippen LogP) is 0.785. The number of carbonyl (C=O) groups is 1. The number of ether oxygens (including phenoxy) is 1. The van der Waals surface area contributed by atoms with Gasteiger partial charge in [-0.15, -0.1) is 0 Å². The third-order valence-electron chi connectivity index (χ3n) is 4.35. The van der Waals surface area contributed by atoms with Gasteiger partial charge >= 0.3 is 0 Å². The molecule has 0 atom stereocenters. The summed E-state index contributed by atoms with van der Waals surface area (Å²) in [7, 11) is 0. The zero-order valence-electron chi connectivity index (χ0n) is 14.7. The van der Waals surface area contributed by atoms with E-state index in [4.69, 9.17) is 4.74 Å². The fourth-order valence-electron chi connectivity index (χ4n) is 2.90. The lowest BCUT2D eigenvalue weighted by Gasteiger charge is -2.35. The topological polar surface area (TPSA) is 89.3 Å². The van der Waals surface area contributed by atoms with Crippen molar-refractivity contribution in [1.29, 1.82) is 0 Å². The maximum atomic E-state index is 12.4. The van der Waals surface area contributed by atoms with E-state index in [0.29, 0.717) is 37.7 Å². The average molecular weight is 365 g/mol. The number of para-hydroxylation sites is 1. The molecule has 1 fully saturated rings. The Morgan fingerprint density at radius 1 is 1.00 bits per heavy atom. The fraction of sp³-hybridized carbons (Fsp3) is 0.278. The molecule has 1 aliphatic rings. The summed E-state index contributed by atoms with van der Waals surface area (Å²) >= 11 is 0. The Labute approximate surface area is 156 Å². The first-order chi connectivity index (χ1) is 13.3. The van der Waals surface area contributed by atoms with Crippen molar-refractivity contribution >= 4 is 11.7 Å². The molecule has 4 rings (SSSR count). The van der Waals surface area contributed by atoms with Crippen LogP contribution in [0.4, 0.5) is 5.82 Å². The van der Waals surface area contributed by atoms with Crippen molar-refractivity contribution in [2.24, 2.45) is 0 Å². The molecule has 0 bridgehead atoms. The largest absolute Gasteiger partial charge is 0.484 e. The number of aromatic nitrogens is 5. The second kappa shape index (κ2) is 7.81. The second-order valence-corrected chi connectivity index (χ2v) is 6.04. The van der Waals surface area contributed by atoms with Gasteiger partial charge < -0.3 is 14.5 Å². The van der Waals surface area contributed by atoms with Crippen LogP contribution in [-0.2, 0) is 4.79 Å². The average Bonchev–Trinajstić information content (AvgIpc) is 3.28. The van der Waals surface area contributed by atoms with E-state index in [-0.39, 0.29) is 12.5 Å². The minimum atomic E-state index is -0.00973. The number of piperazine rings is 1. The SMILES string of the molecule is O=C(COc1ccccc1)N1CCN(c2cc(-n3cncn3)ncn2)CC1. The van der Waals surface area contributed by atoms with Crippen LogP contribution in [0.1, 0.15) is 0 Å². The monoisotopic (exact) mass is 365 g/mol. The summed E-state index contributed by atoms with van der Waals surface area (Å²) < 4.78 is 7.14. The highest BCUT2D eigenvalue weighted by atomic mass is 16.5. The highest BCUT2D eigenvalue weighted by Gasteiger charge is 2.22. The molecule has 1 aromatic carbocycles. The molecule has 0 N–H and O–H groups in total. The molecular formula is C18H19N7O2. The van der Waals surface area contributed by atoms with Crippen LogP contribution in [0.2, 0.25) is 0 Å². The molecule has 0 radical (unpaired) electrons. The number of rotatable bonds is 5. The molecule has 1 amide bonds. The van der Waals surface area contributed by atoms with Crippen molar-refractivity contribution in [2.75, 3.05) is 37.7 Å². The molecule has 0 saturated carbocycles. The molecule has 9 nitrogen and oxygen atoms in total. The lowest BCUT2D eigenvalue weighted by Crippen LogP contribution is -2.50. The van der Waals surface area contributed by atoms with E-state index in [2.05, 4.69) is 25.0 Å². The Kier molecular flexibility index (Phi) is 4.91. The van der Waals surface area contributed by atoms with Gasteiger partial charge in [-0.2, -0.15) is 5.10 Å². The van der Waals surface area contributed by atoms with E-state index in [1.165, 1.54) is 12.7 Å². The first kappa shape index (κ1) is 17.0. The van der Waals surface area contributed by atoms with Crippen molar-refractivity contribution in [1.82, 2.24) is 29.6 Å². The van der Waals surface area contributed by atoms with Gasteiger partial charge in [-0.25, -0.2) is 19.6 Å². The van der Waals surface area contributed by atoms with Crippen molar-refractivity contribution in [2.45, 2.75) is 0 Å². The summed E-state index contributed by atoms with van der Waals surface area (Å²) in [6.07, 6.45) is 4.57. The van der Waals surface area contributed by atoms with Gasteiger partial charge in [0.25, 0.3) is 5.91 Å². The molecular weight excluding hydrogens is 346 g/mol. The molecule has 0 spiro atoms. The Morgan fingerprint density at radius 3 is 2.52 bits per heavy atom. The summed E-state index contributed by atoms with van der Waals surface area (Å²) in [6, 6.07) is 11.2. The number of nitrogens with zero attached hydrogens (tertiary/aromatic N) is 7.